The van der Waals surface area contributed by atoms with Gasteiger partial charge >= 0.3 is 0 Å². The van der Waals surface area contributed by atoms with Crippen molar-refractivity contribution in [2.75, 3.05) is 31.6 Å². The summed E-state index contributed by atoms with van der Waals surface area (Å²) >= 11 is 4.76. The summed E-state index contributed by atoms with van der Waals surface area (Å²) in [5, 5.41) is 0. The van der Waals surface area contributed by atoms with Crippen LogP contribution in [0.4, 0.5) is 14.5 Å². The number of hydrogen-bond donors (Lipinski definition) is 1. The van der Waals surface area contributed by atoms with Crippen molar-refractivity contribution in [2.45, 2.75) is 19.4 Å². The van der Waals surface area contributed by atoms with Gasteiger partial charge in [-0.05, 0) is 33.0 Å². The van der Waals surface area contributed by atoms with Crippen LogP contribution in [0.15, 0.2) is 12.1 Å². The van der Waals surface area contributed by atoms with Crippen molar-refractivity contribution in [1.29, 1.82) is 0 Å². The molecule has 1 saturated heterocycles. The number of piperazine rings is 1. The normalized spacial score (nSPS) is 19.1. The molecule has 0 radical (unpaired) electrons. The Morgan fingerprint density at radius 1 is 1.25 bits per heavy atom. The number of likely N-dealkylation sites (N-methyl/N-ethyl adjacent to an activating group) is 1. The lowest BCUT2D eigenvalue weighted by molar-refractivity contribution is 0.138. The maximum Gasteiger partial charge on any atom is 0.150 e. The van der Waals surface area contributed by atoms with E-state index in [-0.39, 0.29) is 21.8 Å². The maximum absolute atomic E-state index is 14.2. The monoisotopic (exact) mass is 299 g/mol. The van der Waals surface area contributed by atoms with Gasteiger partial charge in [0.05, 0.1) is 0 Å². The van der Waals surface area contributed by atoms with Crippen LogP contribution < -0.4 is 10.6 Å². The van der Waals surface area contributed by atoms with Gasteiger partial charge in [-0.1, -0.05) is 12.2 Å². The predicted octanol–water partition coefficient (Wildman–Crippen LogP) is 2.13. The number of halogens is 2. The molecule has 0 saturated carbocycles. The second kappa shape index (κ2) is 5.26. The molecule has 0 aliphatic carbocycles. The van der Waals surface area contributed by atoms with Gasteiger partial charge < -0.3 is 10.6 Å². The Morgan fingerprint density at radius 3 is 2.25 bits per heavy atom. The highest BCUT2D eigenvalue weighted by Gasteiger charge is 2.33. The third kappa shape index (κ3) is 2.76. The molecule has 6 heteroatoms. The zero-order chi connectivity index (χ0) is 15.1. The van der Waals surface area contributed by atoms with Gasteiger partial charge in [0.1, 0.15) is 22.3 Å². The van der Waals surface area contributed by atoms with Crippen molar-refractivity contribution in [1.82, 2.24) is 4.90 Å². The first kappa shape index (κ1) is 15.1. The highest BCUT2D eigenvalue weighted by atomic mass is 32.1. The van der Waals surface area contributed by atoms with Gasteiger partial charge in [-0.3, -0.25) is 4.90 Å². The molecule has 0 aromatic heterocycles. The molecular formula is C14H19F2N3S. The summed E-state index contributed by atoms with van der Waals surface area (Å²) in [5.74, 6) is -1.23. The van der Waals surface area contributed by atoms with Gasteiger partial charge in [-0.25, -0.2) is 8.78 Å². The molecule has 0 atom stereocenters. The Balaban J connectivity index is 2.36. The highest BCUT2D eigenvalue weighted by molar-refractivity contribution is 7.80. The number of anilines is 1. The largest absolute Gasteiger partial charge is 0.389 e. The van der Waals surface area contributed by atoms with E-state index in [0.29, 0.717) is 13.1 Å². The Bertz CT molecular complexity index is 522. The van der Waals surface area contributed by atoms with Crippen molar-refractivity contribution in [3.63, 3.8) is 0 Å². The third-order valence-electron chi connectivity index (χ3n) is 3.93. The van der Waals surface area contributed by atoms with Crippen LogP contribution in [-0.4, -0.2) is 42.1 Å². The van der Waals surface area contributed by atoms with Crippen molar-refractivity contribution >= 4 is 22.9 Å². The van der Waals surface area contributed by atoms with E-state index in [1.807, 2.05) is 7.05 Å². The van der Waals surface area contributed by atoms with Crippen molar-refractivity contribution < 1.29 is 8.78 Å². The lowest BCUT2D eigenvalue weighted by Gasteiger charge is -2.46. The maximum atomic E-state index is 14.2. The average Bonchev–Trinajstić information content (AvgIpc) is 2.32. The second-order valence-electron chi connectivity index (χ2n) is 5.81. The van der Waals surface area contributed by atoms with Crippen LogP contribution in [0.25, 0.3) is 0 Å². The molecule has 0 spiro atoms. The molecule has 0 bridgehead atoms. The summed E-state index contributed by atoms with van der Waals surface area (Å²) in [6.07, 6.45) is 0. The Kier molecular flexibility index (Phi) is 3.97. The third-order valence-corrected chi connectivity index (χ3v) is 4.17. The fourth-order valence-electron chi connectivity index (χ4n) is 2.44. The van der Waals surface area contributed by atoms with Gasteiger partial charge in [0.25, 0.3) is 0 Å². The highest BCUT2D eigenvalue weighted by Crippen LogP contribution is 2.29. The summed E-state index contributed by atoms with van der Waals surface area (Å²) < 4.78 is 28.4. The second-order valence-corrected chi connectivity index (χ2v) is 6.25. The number of benzene rings is 1. The van der Waals surface area contributed by atoms with Crippen LogP contribution in [0.5, 0.6) is 0 Å². The predicted molar refractivity (Wildman–Crippen MR) is 81.2 cm³/mol. The first-order chi connectivity index (χ1) is 9.22. The van der Waals surface area contributed by atoms with Crippen LogP contribution in [-0.2, 0) is 0 Å². The van der Waals surface area contributed by atoms with Crippen molar-refractivity contribution in [3.8, 4) is 0 Å². The molecule has 20 heavy (non-hydrogen) atoms. The number of rotatable bonds is 2. The number of hydrogen-bond acceptors (Lipinski definition) is 3. The molecule has 110 valence electrons. The smallest absolute Gasteiger partial charge is 0.150 e. The molecule has 1 aromatic carbocycles. The van der Waals surface area contributed by atoms with Crippen LogP contribution in [0, 0.1) is 11.6 Å². The van der Waals surface area contributed by atoms with Crippen LogP contribution in [0.3, 0.4) is 0 Å². The lowest BCUT2D eigenvalue weighted by atomic mass is 9.99. The molecule has 1 aromatic rings. The van der Waals surface area contributed by atoms with Crippen molar-refractivity contribution in [3.05, 3.63) is 29.3 Å². The van der Waals surface area contributed by atoms with E-state index in [2.05, 4.69) is 18.7 Å². The molecule has 1 fully saturated rings. The summed E-state index contributed by atoms with van der Waals surface area (Å²) in [7, 11) is 2.01. The molecule has 0 amide bonds. The van der Waals surface area contributed by atoms with E-state index in [1.54, 1.807) is 4.90 Å². The molecular weight excluding hydrogens is 280 g/mol. The summed E-state index contributed by atoms with van der Waals surface area (Å²) in [4.78, 5) is 3.92. The van der Waals surface area contributed by atoms with Crippen LogP contribution in [0.1, 0.15) is 19.4 Å². The minimum atomic E-state index is -0.617. The van der Waals surface area contributed by atoms with E-state index >= 15 is 0 Å². The Labute approximate surface area is 123 Å². The lowest BCUT2D eigenvalue weighted by Crippen LogP contribution is -2.58. The Morgan fingerprint density at radius 2 is 1.80 bits per heavy atom. The molecule has 1 aliphatic heterocycles. The molecule has 0 unspecified atom stereocenters. The summed E-state index contributed by atoms with van der Waals surface area (Å²) in [6.45, 7) is 6.00. The zero-order valence-corrected chi connectivity index (χ0v) is 12.7. The van der Waals surface area contributed by atoms with E-state index in [0.717, 1.165) is 6.54 Å². The molecule has 3 nitrogen and oxygen atoms in total. The van der Waals surface area contributed by atoms with Crippen LogP contribution in [0.2, 0.25) is 0 Å². The van der Waals surface area contributed by atoms with Gasteiger partial charge in [0.15, 0.2) is 0 Å². The first-order valence-electron chi connectivity index (χ1n) is 6.47. The quantitative estimate of drug-likeness (QED) is 0.848. The fourth-order valence-corrected chi connectivity index (χ4v) is 2.56. The minimum Gasteiger partial charge on any atom is -0.389 e. The minimum absolute atomic E-state index is 0.00572. The van der Waals surface area contributed by atoms with Gasteiger partial charge in [0, 0.05) is 30.7 Å². The van der Waals surface area contributed by atoms with E-state index in [9.17, 15) is 8.78 Å². The van der Waals surface area contributed by atoms with E-state index in [1.165, 1.54) is 12.1 Å². The van der Waals surface area contributed by atoms with E-state index in [4.69, 9.17) is 18.0 Å². The molecule has 2 N–H and O–H groups in total. The fraction of sp³-hybridized carbons (Fsp3) is 0.500. The number of nitrogens with zero attached hydrogens (tertiary/aromatic N) is 2. The summed E-state index contributed by atoms with van der Waals surface area (Å²) in [5.41, 5.74) is 5.50. The van der Waals surface area contributed by atoms with Gasteiger partial charge in [-0.15, -0.1) is 0 Å². The van der Waals surface area contributed by atoms with Crippen molar-refractivity contribution in [2.24, 2.45) is 5.73 Å². The summed E-state index contributed by atoms with van der Waals surface area (Å²) in [6, 6.07) is 2.40. The molecule has 2 rings (SSSR count). The molecule has 1 aliphatic rings. The molecule has 1 heterocycles. The average molecular weight is 299 g/mol. The standard InChI is InChI=1S/C14H19F2N3S/c1-14(2)8-19(5-4-18(14)3)12-10(15)6-9(13(17)20)7-11(12)16/h6-7H,4-5,8H2,1-3H3,(H2,17,20). The van der Waals surface area contributed by atoms with E-state index < -0.39 is 11.6 Å². The van der Waals surface area contributed by atoms with Gasteiger partial charge in [0.2, 0.25) is 0 Å². The van der Waals surface area contributed by atoms with Gasteiger partial charge in [-0.2, -0.15) is 0 Å². The number of thiocarbonyl (C=S) groups is 1. The topological polar surface area (TPSA) is 32.5 Å². The van der Waals surface area contributed by atoms with Crippen LogP contribution >= 0.6 is 12.2 Å². The SMILES string of the molecule is CN1CCN(c2c(F)cc(C(N)=S)cc2F)CC1(C)C. The number of nitrogens with two attached hydrogens (primary N) is 1. The Hall–Kier alpha value is -1.27. The zero-order valence-electron chi connectivity index (χ0n) is 11.9. The first-order valence-corrected chi connectivity index (χ1v) is 6.88.